The fraction of sp³-hybridized carbons (Fsp3) is 0.176. The maximum absolute atomic E-state index is 5.34. The molecular formula is C17H19N3. The molecule has 0 saturated carbocycles. The van der Waals surface area contributed by atoms with Crippen LogP contribution in [0.25, 0.3) is 11.4 Å². The summed E-state index contributed by atoms with van der Waals surface area (Å²) in [7, 11) is 0. The SMILES string of the molecule is CCC(/C=C\C=C/N)c1cccc(-c2ccccn2)n1. The van der Waals surface area contributed by atoms with Gasteiger partial charge in [0.2, 0.25) is 0 Å². The third-order valence-corrected chi connectivity index (χ3v) is 3.08. The molecule has 0 fully saturated rings. The molecule has 3 nitrogen and oxygen atoms in total. The van der Waals surface area contributed by atoms with Gasteiger partial charge in [0.25, 0.3) is 0 Å². The highest BCUT2D eigenvalue weighted by Gasteiger charge is 2.08. The Labute approximate surface area is 119 Å². The van der Waals surface area contributed by atoms with Crippen molar-refractivity contribution in [3.05, 3.63) is 72.7 Å². The standard InChI is InChI=1S/C17H19N3/c1-2-14(8-3-5-12-18)15-10-7-11-17(20-15)16-9-4-6-13-19-16/h3-14H,2,18H2,1H3/b8-3-,12-5-. The molecule has 0 aliphatic carbocycles. The summed E-state index contributed by atoms with van der Waals surface area (Å²) < 4.78 is 0. The quantitative estimate of drug-likeness (QED) is 0.839. The predicted molar refractivity (Wildman–Crippen MR) is 83.0 cm³/mol. The summed E-state index contributed by atoms with van der Waals surface area (Å²) in [4.78, 5) is 9.07. The molecule has 0 amide bonds. The van der Waals surface area contributed by atoms with Crippen LogP contribution in [0, 0.1) is 0 Å². The van der Waals surface area contributed by atoms with E-state index in [-0.39, 0.29) is 5.92 Å². The Morgan fingerprint density at radius 3 is 2.65 bits per heavy atom. The Morgan fingerprint density at radius 2 is 1.95 bits per heavy atom. The van der Waals surface area contributed by atoms with E-state index in [2.05, 4.69) is 24.1 Å². The summed E-state index contributed by atoms with van der Waals surface area (Å²) in [5.41, 5.74) is 8.20. The Balaban J connectivity index is 2.29. The number of hydrogen-bond acceptors (Lipinski definition) is 3. The van der Waals surface area contributed by atoms with Crippen molar-refractivity contribution in [3.8, 4) is 11.4 Å². The van der Waals surface area contributed by atoms with Crippen LogP contribution in [0.15, 0.2) is 67.0 Å². The molecular weight excluding hydrogens is 246 g/mol. The number of rotatable bonds is 5. The van der Waals surface area contributed by atoms with Crippen LogP contribution in [-0.4, -0.2) is 9.97 Å². The van der Waals surface area contributed by atoms with Crippen molar-refractivity contribution < 1.29 is 0 Å². The van der Waals surface area contributed by atoms with E-state index >= 15 is 0 Å². The zero-order valence-corrected chi connectivity index (χ0v) is 11.6. The first-order chi connectivity index (χ1) is 9.85. The molecule has 2 N–H and O–H groups in total. The lowest BCUT2D eigenvalue weighted by Crippen LogP contribution is -1.98. The highest BCUT2D eigenvalue weighted by atomic mass is 14.8. The van der Waals surface area contributed by atoms with Gasteiger partial charge in [-0.2, -0.15) is 0 Å². The lowest BCUT2D eigenvalue weighted by atomic mass is 10.0. The second-order valence-corrected chi connectivity index (χ2v) is 4.45. The van der Waals surface area contributed by atoms with E-state index in [0.717, 1.165) is 23.5 Å². The molecule has 1 atom stereocenters. The molecule has 0 aliphatic rings. The van der Waals surface area contributed by atoms with Crippen LogP contribution < -0.4 is 5.73 Å². The van der Waals surface area contributed by atoms with Gasteiger partial charge in [0.05, 0.1) is 11.4 Å². The van der Waals surface area contributed by atoms with Crippen LogP contribution in [-0.2, 0) is 0 Å². The maximum atomic E-state index is 5.34. The van der Waals surface area contributed by atoms with Gasteiger partial charge in [-0.05, 0) is 43.0 Å². The zero-order chi connectivity index (χ0) is 14.2. The molecule has 0 spiro atoms. The first-order valence-electron chi connectivity index (χ1n) is 6.78. The van der Waals surface area contributed by atoms with E-state index in [1.807, 2.05) is 42.5 Å². The number of allylic oxidation sites excluding steroid dienone is 3. The van der Waals surface area contributed by atoms with Gasteiger partial charge < -0.3 is 5.73 Å². The molecule has 2 aromatic rings. The van der Waals surface area contributed by atoms with Crippen molar-refractivity contribution >= 4 is 0 Å². The van der Waals surface area contributed by atoms with Gasteiger partial charge in [-0.1, -0.05) is 31.2 Å². The number of nitrogens with two attached hydrogens (primary N) is 1. The number of hydrogen-bond donors (Lipinski definition) is 1. The minimum Gasteiger partial charge on any atom is -0.405 e. The summed E-state index contributed by atoms with van der Waals surface area (Å²) in [6.45, 7) is 2.15. The Bertz CT molecular complexity index is 588. The highest BCUT2D eigenvalue weighted by Crippen LogP contribution is 2.22. The van der Waals surface area contributed by atoms with E-state index in [0.29, 0.717) is 0 Å². The van der Waals surface area contributed by atoms with Crippen LogP contribution in [0.2, 0.25) is 0 Å². The third kappa shape index (κ3) is 3.54. The van der Waals surface area contributed by atoms with Gasteiger partial charge in [0.15, 0.2) is 0 Å². The fourth-order valence-corrected chi connectivity index (χ4v) is 2.02. The summed E-state index contributed by atoms with van der Waals surface area (Å²) in [5.74, 6) is 0.287. The van der Waals surface area contributed by atoms with E-state index in [1.165, 1.54) is 6.20 Å². The molecule has 2 rings (SSSR count). The first kappa shape index (κ1) is 14.0. The van der Waals surface area contributed by atoms with Gasteiger partial charge in [-0.15, -0.1) is 0 Å². The monoisotopic (exact) mass is 265 g/mol. The van der Waals surface area contributed by atoms with Gasteiger partial charge in [0.1, 0.15) is 0 Å². The zero-order valence-electron chi connectivity index (χ0n) is 11.6. The van der Waals surface area contributed by atoms with Crippen molar-refractivity contribution in [2.75, 3.05) is 0 Å². The number of aromatic nitrogens is 2. The first-order valence-corrected chi connectivity index (χ1v) is 6.78. The third-order valence-electron chi connectivity index (χ3n) is 3.08. The fourth-order valence-electron chi connectivity index (χ4n) is 2.02. The summed E-state index contributed by atoms with van der Waals surface area (Å²) in [5, 5.41) is 0. The summed E-state index contributed by atoms with van der Waals surface area (Å²) in [6, 6.07) is 11.9. The van der Waals surface area contributed by atoms with Gasteiger partial charge in [-0.3, -0.25) is 9.97 Å². The van der Waals surface area contributed by atoms with Crippen LogP contribution in [0.1, 0.15) is 25.0 Å². The lowest BCUT2D eigenvalue weighted by Gasteiger charge is -2.10. The van der Waals surface area contributed by atoms with Gasteiger partial charge >= 0.3 is 0 Å². The topological polar surface area (TPSA) is 51.8 Å². The van der Waals surface area contributed by atoms with Gasteiger partial charge in [-0.25, -0.2) is 0 Å². The van der Waals surface area contributed by atoms with Crippen LogP contribution in [0.3, 0.4) is 0 Å². The minimum absolute atomic E-state index is 0.287. The molecule has 102 valence electrons. The van der Waals surface area contributed by atoms with Crippen LogP contribution in [0.4, 0.5) is 0 Å². The van der Waals surface area contributed by atoms with Crippen LogP contribution in [0.5, 0.6) is 0 Å². The molecule has 0 aromatic carbocycles. The Hall–Kier alpha value is -2.42. The van der Waals surface area contributed by atoms with Crippen molar-refractivity contribution in [2.45, 2.75) is 19.3 Å². The van der Waals surface area contributed by atoms with Crippen molar-refractivity contribution in [2.24, 2.45) is 5.73 Å². The molecule has 0 bridgehead atoms. The largest absolute Gasteiger partial charge is 0.405 e. The van der Waals surface area contributed by atoms with Crippen molar-refractivity contribution in [1.82, 2.24) is 9.97 Å². The summed E-state index contributed by atoms with van der Waals surface area (Å²) >= 11 is 0. The van der Waals surface area contributed by atoms with Crippen LogP contribution >= 0.6 is 0 Å². The average molecular weight is 265 g/mol. The second-order valence-electron chi connectivity index (χ2n) is 4.45. The predicted octanol–water partition coefficient (Wildman–Crippen LogP) is 3.67. The highest BCUT2D eigenvalue weighted by molar-refractivity contribution is 5.53. The molecule has 2 heterocycles. The normalized spacial score (nSPS) is 13.1. The van der Waals surface area contributed by atoms with Crippen molar-refractivity contribution in [3.63, 3.8) is 0 Å². The number of pyridine rings is 2. The van der Waals surface area contributed by atoms with E-state index < -0.39 is 0 Å². The van der Waals surface area contributed by atoms with E-state index in [1.54, 1.807) is 6.20 Å². The number of nitrogens with zero attached hydrogens (tertiary/aromatic N) is 2. The second kappa shape index (κ2) is 7.24. The van der Waals surface area contributed by atoms with Crippen molar-refractivity contribution in [1.29, 1.82) is 0 Å². The molecule has 0 aliphatic heterocycles. The van der Waals surface area contributed by atoms with E-state index in [4.69, 9.17) is 10.7 Å². The summed E-state index contributed by atoms with van der Waals surface area (Å²) in [6.07, 6.45) is 10.2. The molecule has 3 heteroatoms. The van der Waals surface area contributed by atoms with Gasteiger partial charge in [0, 0.05) is 17.8 Å². The maximum Gasteiger partial charge on any atom is 0.0889 e. The molecule has 0 saturated heterocycles. The molecule has 2 aromatic heterocycles. The minimum atomic E-state index is 0.287. The Morgan fingerprint density at radius 1 is 1.10 bits per heavy atom. The smallest absolute Gasteiger partial charge is 0.0889 e. The average Bonchev–Trinajstić information content (AvgIpc) is 2.53. The molecule has 20 heavy (non-hydrogen) atoms. The Kier molecular flexibility index (Phi) is 5.07. The molecule has 0 radical (unpaired) electrons. The molecule has 1 unspecified atom stereocenters. The lowest BCUT2D eigenvalue weighted by molar-refractivity contribution is 0.776. The van der Waals surface area contributed by atoms with E-state index in [9.17, 15) is 0 Å².